The van der Waals surface area contributed by atoms with Crippen LogP contribution in [0.1, 0.15) is 26.3 Å². The van der Waals surface area contributed by atoms with Crippen molar-refractivity contribution in [3.63, 3.8) is 0 Å². The van der Waals surface area contributed by atoms with E-state index in [0.29, 0.717) is 0 Å². The van der Waals surface area contributed by atoms with Crippen LogP contribution in [0.5, 0.6) is 0 Å². The number of rotatable bonds is 4. The van der Waals surface area contributed by atoms with Crippen molar-refractivity contribution in [3.05, 3.63) is 71.3 Å². The molecule has 0 radical (unpaired) electrons. The summed E-state index contributed by atoms with van der Waals surface area (Å²) >= 11 is 0. The molecule has 0 fully saturated rings. The van der Waals surface area contributed by atoms with Crippen LogP contribution in [-0.4, -0.2) is 19.0 Å². The average Bonchev–Trinajstić information content (AvgIpc) is 2.52. The topological polar surface area (TPSA) is 52.6 Å². The van der Waals surface area contributed by atoms with E-state index in [1.165, 1.54) is 13.2 Å². The lowest BCUT2D eigenvalue weighted by Crippen LogP contribution is -2.12. The molecule has 0 heterocycles. The quantitative estimate of drug-likeness (QED) is 0.802. The van der Waals surface area contributed by atoms with E-state index in [-0.39, 0.29) is 17.7 Å². The first kappa shape index (κ1) is 13.8. The summed E-state index contributed by atoms with van der Waals surface area (Å²) in [5.74, 6) is -1.10. The minimum atomic E-state index is -0.558. The van der Waals surface area contributed by atoms with E-state index in [9.17, 15) is 9.59 Å². The smallest absolute Gasteiger partial charge is 0.339 e. The van der Waals surface area contributed by atoms with Gasteiger partial charge in [-0.2, -0.15) is 0 Å². The van der Waals surface area contributed by atoms with Crippen molar-refractivity contribution in [3.8, 4) is 0 Å². The molecule has 0 saturated carbocycles. The Morgan fingerprint density at radius 1 is 0.850 bits per heavy atom. The Morgan fingerprint density at radius 3 is 2.00 bits per heavy atom. The van der Waals surface area contributed by atoms with Crippen molar-refractivity contribution < 1.29 is 19.1 Å². The highest BCUT2D eigenvalue weighted by atomic mass is 16.5. The highest BCUT2D eigenvalue weighted by Crippen LogP contribution is 2.13. The van der Waals surface area contributed by atoms with Crippen LogP contribution in [-0.2, 0) is 16.1 Å². The number of carbonyl (C=O) groups excluding carboxylic acids is 2. The number of hydrogen-bond acceptors (Lipinski definition) is 4. The van der Waals surface area contributed by atoms with E-state index in [2.05, 4.69) is 4.74 Å². The Labute approximate surface area is 116 Å². The van der Waals surface area contributed by atoms with Gasteiger partial charge in [0.05, 0.1) is 18.2 Å². The van der Waals surface area contributed by atoms with Gasteiger partial charge in [0.1, 0.15) is 6.61 Å². The highest BCUT2D eigenvalue weighted by Gasteiger charge is 2.18. The molecule has 4 heteroatoms. The van der Waals surface area contributed by atoms with Crippen LogP contribution in [0.4, 0.5) is 0 Å². The predicted molar refractivity (Wildman–Crippen MR) is 73.3 cm³/mol. The molecular weight excluding hydrogens is 256 g/mol. The van der Waals surface area contributed by atoms with E-state index in [1.54, 1.807) is 18.2 Å². The lowest BCUT2D eigenvalue weighted by molar-refractivity contribution is 0.0457. The summed E-state index contributed by atoms with van der Waals surface area (Å²) < 4.78 is 9.85. The van der Waals surface area contributed by atoms with Gasteiger partial charge < -0.3 is 9.47 Å². The molecule has 0 aromatic heterocycles. The Kier molecular flexibility index (Phi) is 4.50. The van der Waals surface area contributed by atoms with Crippen LogP contribution in [0.2, 0.25) is 0 Å². The summed E-state index contributed by atoms with van der Waals surface area (Å²) in [6.45, 7) is 0.162. The van der Waals surface area contributed by atoms with Crippen LogP contribution >= 0.6 is 0 Å². The number of carbonyl (C=O) groups is 2. The molecule has 2 aromatic rings. The van der Waals surface area contributed by atoms with E-state index in [1.807, 2.05) is 30.3 Å². The van der Waals surface area contributed by atoms with Crippen molar-refractivity contribution in [1.29, 1.82) is 0 Å². The average molecular weight is 270 g/mol. The van der Waals surface area contributed by atoms with Crippen molar-refractivity contribution >= 4 is 11.9 Å². The molecule has 0 aliphatic rings. The maximum atomic E-state index is 12.0. The van der Waals surface area contributed by atoms with Gasteiger partial charge in [0.2, 0.25) is 0 Å². The summed E-state index contributed by atoms with van der Waals surface area (Å²) in [6, 6.07) is 15.8. The largest absolute Gasteiger partial charge is 0.465 e. The molecule has 0 aliphatic carbocycles. The van der Waals surface area contributed by atoms with Crippen LogP contribution < -0.4 is 0 Å². The van der Waals surface area contributed by atoms with Gasteiger partial charge in [0, 0.05) is 0 Å². The number of methoxy groups -OCH3 is 1. The first-order valence-corrected chi connectivity index (χ1v) is 6.11. The normalized spacial score (nSPS) is 9.85. The molecule has 20 heavy (non-hydrogen) atoms. The first-order valence-electron chi connectivity index (χ1n) is 6.11. The minimum absolute atomic E-state index is 0.162. The first-order chi connectivity index (χ1) is 9.72. The lowest BCUT2D eigenvalue weighted by atomic mass is 10.1. The number of esters is 2. The summed E-state index contributed by atoms with van der Waals surface area (Å²) in [5, 5.41) is 0. The van der Waals surface area contributed by atoms with Gasteiger partial charge in [-0.25, -0.2) is 9.59 Å². The second kappa shape index (κ2) is 6.52. The lowest BCUT2D eigenvalue weighted by Gasteiger charge is -2.08. The Hall–Kier alpha value is -2.62. The molecule has 0 atom stereocenters. The van der Waals surface area contributed by atoms with Crippen molar-refractivity contribution in [2.24, 2.45) is 0 Å². The van der Waals surface area contributed by atoms with Gasteiger partial charge in [-0.3, -0.25) is 0 Å². The van der Waals surface area contributed by atoms with Gasteiger partial charge in [0.15, 0.2) is 0 Å². The van der Waals surface area contributed by atoms with Gasteiger partial charge in [0.25, 0.3) is 0 Å². The summed E-state index contributed by atoms with van der Waals surface area (Å²) in [4.78, 5) is 23.6. The third-order valence-corrected chi connectivity index (χ3v) is 2.77. The van der Waals surface area contributed by atoms with Crippen molar-refractivity contribution in [2.45, 2.75) is 6.61 Å². The molecular formula is C16H14O4. The molecule has 2 rings (SSSR count). The summed E-state index contributed by atoms with van der Waals surface area (Å²) in [6.07, 6.45) is 0. The third kappa shape index (κ3) is 3.23. The summed E-state index contributed by atoms with van der Waals surface area (Å²) in [7, 11) is 1.27. The molecule has 0 N–H and O–H groups in total. The monoisotopic (exact) mass is 270 g/mol. The van der Waals surface area contributed by atoms with Gasteiger partial charge in [-0.15, -0.1) is 0 Å². The zero-order chi connectivity index (χ0) is 14.4. The summed E-state index contributed by atoms with van der Waals surface area (Å²) in [5.41, 5.74) is 1.29. The Morgan fingerprint density at radius 2 is 1.40 bits per heavy atom. The molecule has 102 valence electrons. The SMILES string of the molecule is COC(=O)c1ccccc1C(=O)OCc1ccccc1. The molecule has 0 amide bonds. The molecule has 0 aliphatic heterocycles. The van der Waals surface area contributed by atoms with Gasteiger partial charge >= 0.3 is 11.9 Å². The minimum Gasteiger partial charge on any atom is -0.465 e. The fourth-order valence-corrected chi connectivity index (χ4v) is 1.75. The fraction of sp³-hybridized carbons (Fsp3) is 0.125. The van der Waals surface area contributed by atoms with Crippen molar-refractivity contribution in [1.82, 2.24) is 0 Å². The van der Waals surface area contributed by atoms with Crippen LogP contribution in [0.25, 0.3) is 0 Å². The van der Waals surface area contributed by atoms with Crippen molar-refractivity contribution in [2.75, 3.05) is 7.11 Å². The fourth-order valence-electron chi connectivity index (χ4n) is 1.75. The molecule has 4 nitrogen and oxygen atoms in total. The van der Waals surface area contributed by atoms with Crippen LogP contribution in [0, 0.1) is 0 Å². The molecule has 0 bridgehead atoms. The van der Waals surface area contributed by atoms with Crippen LogP contribution in [0.3, 0.4) is 0 Å². The van der Waals surface area contributed by atoms with E-state index in [4.69, 9.17) is 4.74 Å². The Balaban J connectivity index is 2.12. The number of ether oxygens (including phenoxy) is 2. The van der Waals surface area contributed by atoms with Gasteiger partial charge in [-0.1, -0.05) is 42.5 Å². The third-order valence-electron chi connectivity index (χ3n) is 2.77. The molecule has 0 unspecified atom stereocenters. The second-order valence-electron chi connectivity index (χ2n) is 4.10. The zero-order valence-electron chi connectivity index (χ0n) is 11.0. The van der Waals surface area contributed by atoms with Crippen LogP contribution in [0.15, 0.2) is 54.6 Å². The van der Waals surface area contributed by atoms with E-state index in [0.717, 1.165) is 5.56 Å². The highest BCUT2D eigenvalue weighted by molar-refractivity contribution is 6.03. The molecule has 2 aromatic carbocycles. The van der Waals surface area contributed by atoms with E-state index < -0.39 is 11.9 Å². The second-order valence-corrected chi connectivity index (χ2v) is 4.10. The van der Waals surface area contributed by atoms with Gasteiger partial charge in [-0.05, 0) is 17.7 Å². The molecule has 0 saturated heterocycles. The van der Waals surface area contributed by atoms with E-state index >= 15 is 0 Å². The maximum Gasteiger partial charge on any atom is 0.339 e. The Bertz CT molecular complexity index is 605. The maximum absolute atomic E-state index is 12.0. The standard InChI is InChI=1S/C16H14O4/c1-19-15(17)13-9-5-6-10-14(13)16(18)20-11-12-7-3-2-4-8-12/h2-10H,11H2,1H3. The predicted octanol–water partition coefficient (Wildman–Crippen LogP) is 2.83. The zero-order valence-corrected chi connectivity index (χ0v) is 11.0. The molecule has 0 spiro atoms. The number of hydrogen-bond donors (Lipinski definition) is 0. The number of benzene rings is 2.